The molecule has 1 saturated heterocycles. The van der Waals surface area contributed by atoms with Crippen LogP contribution < -0.4 is 16.0 Å². The Morgan fingerprint density at radius 3 is 2.80 bits per heavy atom. The number of nitrogen functional groups attached to an aromatic ring is 1. The van der Waals surface area contributed by atoms with E-state index < -0.39 is 0 Å². The molecule has 1 unspecified atom stereocenters. The molecule has 0 aromatic carbocycles. The van der Waals surface area contributed by atoms with Crippen LogP contribution in [0.2, 0.25) is 0 Å². The average molecular weight is 294 g/mol. The number of amides is 1. The van der Waals surface area contributed by atoms with E-state index in [-0.39, 0.29) is 5.91 Å². The van der Waals surface area contributed by atoms with Gasteiger partial charge in [-0.3, -0.25) is 4.79 Å². The van der Waals surface area contributed by atoms with E-state index >= 15 is 0 Å². The molecule has 2 aliphatic rings. The van der Waals surface area contributed by atoms with Crippen LogP contribution in [0.4, 0.5) is 10.7 Å². The zero-order valence-corrected chi connectivity index (χ0v) is 12.9. The van der Waals surface area contributed by atoms with Crippen molar-refractivity contribution in [2.24, 2.45) is 0 Å². The SMILES string of the molecule is CN(C)C1CCN(c2cc(N)c(C(=O)NC3CC3)s2)C1. The van der Waals surface area contributed by atoms with Crippen LogP contribution >= 0.6 is 11.3 Å². The standard InChI is InChI=1S/C14H22N4OS/c1-17(2)10-5-6-18(8-10)12-7-11(15)13(20-12)14(19)16-9-3-4-9/h7,9-10H,3-6,8,15H2,1-2H3,(H,16,19). The molecule has 1 aromatic heterocycles. The fraction of sp³-hybridized carbons (Fsp3) is 0.643. The molecule has 1 aliphatic carbocycles. The molecule has 20 heavy (non-hydrogen) atoms. The molecule has 1 amide bonds. The maximum atomic E-state index is 12.1. The number of rotatable bonds is 4. The summed E-state index contributed by atoms with van der Waals surface area (Å²) in [6, 6.07) is 2.91. The van der Waals surface area contributed by atoms with Gasteiger partial charge in [-0.2, -0.15) is 0 Å². The molecule has 1 aliphatic heterocycles. The van der Waals surface area contributed by atoms with Crippen LogP contribution in [0.1, 0.15) is 28.9 Å². The molecule has 0 spiro atoms. The van der Waals surface area contributed by atoms with Crippen molar-refractivity contribution in [1.29, 1.82) is 0 Å². The molecule has 3 rings (SSSR count). The highest BCUT2D eigenvalue weighted by atomic mass is 32.1. The second-order valence-corrected chi connectivity index (χ2v) is 7.00. The Labute approximate surface area is 123 Å². The van der Waals surface area contributed by atoms with Crippen LogP contribution in [-0.2, 0) is 0 Å². The number of hydrogen-bond acceptors (Lipinski definition) is 5. The Hall–Kier alpha value is -1.27. The summed E-state index contributed by atoms with van der Waals surface area (Å²) in [6.07, 6.45) is 3.36. The third-order valence-corrected chi connectivity index (χ3v) is 5.28. The molecule has 5 nitrogen and oxygen atoms in total. The lowest BCUT2D eigenvalue weighted by Crippen LogP contribution is -2.31. The van der Waals surface area contributed by atoms with Gasteiger partial charge in [0, 0.05) is 25.2 Å². The van der Waals surface area contributed by atoms with Gasteiger partial charge < -0.3 is 20.9 Å². The maximum absolute atomic E-state index is 12.1. The fourth-order valence-electron chi connectivity index (χ4n) is 2.57. The van der Waals surface area contributed by atoms with E-state index in [4.69, 9.17) is 5.73 Å². The number of anilines is 2. The second kappa shape index (κ2) is 5.26. The van der Waals surface area contributed by atoms with E-state index in [0.717, 1.165) is 37.4 Å². The number of carbonyl (C=O) groups is 1. The molecule has 2 fully saturated rings. The summed E-state index contributed by atoms with van der Waals surface area (Å²) in [5, 5.41) is 4.12. The Balaban J connectivity index is 1.70. The molecule has 3 N–H and O–H groups in total. The van der Waals surface area contributed by atoms with Gasteiger partial charge in [-0.05, 0) is 39.4 Å². The number of hydrogen-bond donors (Lipinski definition) is 2. The number of nitrogens with two attached hydrogens (primary N) is 1. The second-order valence-electron chi connectivity index (χ2n) is 5.97. The third kappa shape index (κ3) is 2.76. The lowest BCUT2D eigenvalue weighted by Gasteiger charge is -2.20. The van der Waals surface area contributed by atoms with E-state index in [0.29, 0.717) is 22.6 Å². The lowest BCUT2D eigenvalue weighted by molar-refractivity contribution is 0.0956. The molecule has 0 radical (unpaired) electrons. The summed E-state index contributed by atoms with van der Waals surface area (Å²) in [7, 11) is 4.23. The van der Waals surface area contributed by atoms with Gasteiger partial charge in [-0.25, -0.2) is 0 Å². The highest BCUT2D eigenvalue weighted by Gasteiger charge is 2.28. The van der Waals surface area contributed by atoms with Gasteiger partial charge in [0.25, 0.3) is 5.91 Å². The van der Waals surface area contributed by atoms with Crippen LogP contribution in [0, 0.1) is 0 Å². The van der Waals surface area contributed by atoms with Gasteiger partial charge in [-0.1, -0.05) is 0 Å². The Morgan fingerprint density at radius 2 is 2.20 bits per heavy atom. The lowest BCUT2D eigenvalue weighted by atomic mass is 10.2. The number of thiophene rings is 1. The van der Waals surface area contributed by atoms with E-state index in [1.54, 1.807) is 0 Å². The van der Waals surface area contributed by atoms with Crippen molar-refractivity contribution >= 4 is 27.9 Å². The molecule has 1 saturated carbocycles. The van der Waals surface area contributed by atoms with Gasteiger partial charge in [0.2, 0.25) is 0 Å². The Morgan fingerprint density at radius 1 is 1.45 bits per heavy atom. The van der Waals surface area contributed by atoms with E-state index in [1.807, 2.05) is 6.07 Å². The van der Waals surface area contributed by atoms with Crippen molar-refractivity contribution in [1.82, 2.24) is 10.2 Å². The number of nitrogens with one attached hydrogen (secondary N) is 1. The Bertz CT molecular complexity index is 509. The number of nitrogens with zero attached hydrogens (tertiary/aromatic N) is 2. The first-order valence-electron chi connectivity index (χ1n) is 7.16. The Kier molecular flexibility index (Phi) is 3.60. The van der Waals surface area contributed by atoms with Crippen LogP contribution in [0.15, 0.2) is 6.07 Å². The summed E-state index contributed by atoms with van der Waals surface area (Å²) in [5.41, 5.74) is 6.62. The molecule has 6 heteroatoms. The first-order valence-corrected chi connectivity index (χ1v) is 7.98. The van der Waals surface area contributed by atoms with Gasteiger partial charge in [-0.15, -0.1) is 11.3 Å². The monoisotopic (exact) mass is 294 g/mol. The largest absolute Gasteiger partial charge is 0.397 e. The first kappa shape index (κ1) is 13.7. The van der Waals surface area contributed by atoms with Crippen LogP contribution in [0.3, 0.4) is 0 Å². The van der Waals surface area contributed by atoms with E-state index in [9.17, 15) is 4.79 Å². The van der Waals surface area contributed by atoms with Gasteiger partial charge >= 0.3 is 0 Å². The number of carbonyl (C=O) groups excluding carboxylic acids is 1. The molecular formula is C14H22N4OS. The topological polar surface area (TPSA) is 61.6 Å². The summed E-state index contributed by atoms with van der Waals surface area (Å²) in [6.45, 7) is 2.04. The minimum absolute atomic E-state index is 0.00962. The molecule has 1 atom stereocenters. The molecule has 1 aromatic rings. The normalized spacial score (nSPS) is 22.6. The summed E-state index contributed by atoms with van der Waals surface area (Å²) >= 11 is 1.52. The van der Waals surface area contributed by atoms with Crippen molar-refractivity contribution in [3.63, 3.8) is 0 Å². The predicted molar refractivity (Wildman–Crippen MR) is 83.5 cm³/mol. The van der Waals surface area contributed by atoms with E-state index in [2.05, 4.69) is 29.2 Å². The van der Waals surface area contributed by atoms with Crippen molar-refractivity contribution < 1.29 is 4.79 Å². The van der Waals surface area contributed by atoms with Crippen molar-refractivity contribution in [3.05, 3.63) is 10.9 Å². The zero-order chi connectivity index (χ0) is 14.3. The highest BCUT2D eigenvalue weighted by molar-refractivity contribution is 7.18. The van der Waals surface area contributed by atoms with Gasteiger partial charge in [0.05, 0.1) is 10.7 Å². The molecule has 0 bridgehead atoms. The summed E-state index contributed by atoms with van der Waals surface area (Å²) < 4.78 is 0. The molecular weight excluding hydrogens is 272 g/mol. The summed E-state index contributed by atoms with van der Waals surface area (Å²) in [5.74, 6) is -0.00962. The smallest absolute Gasteiger partial charge is 0.263 e. The minimum Gasteiger partial charge on any atom is -0.397 e. The average Bonchev–Trinajstić information content (AvgIpc) is 2.93. The minimum atomic E-state index is -0.00962. The fourth-order valence-corrected chi connectivity index (χ4v) is 3.59. The quantitative estimate of drug-likeness (QED) is 0.880. The predicted octanol–water partition coefficient (Wildman–Crippen LogP) is 1.36. The molecule has 110 valence electrons. The van der Waals surface area contributed by atoms with Crippen molar-refractivity contribution in [2.75, 3.05) is 37.8 Å². The van der Waals surface area contributed by atoms with Crippen LogP contribution in [0.5, 0.6) is 0 Å². The summed E-state index contributed by atoms with van der Waals surface area (Å²) in [4.78, 5) is 17.4. The van der Waals surface area contributed by atoms with Crippen molar-refractivity contribution in [3.8, 4) is 0 Å². The van der Waals surface area contributed by atoms with Crippen LogP contribution in [0.25, 0.3) is 0 Å². The molecule has 2 heterocycles. The maximum Gasteiger partial charge on any atom is 0.263 e. The van der Waals surface area contributed by atoms with Gasteiger partial charge in [0.1, 0.15) is 4.88 Å². The number of likely N-dealkylation sites (N-methyl/N-ethyl adjacent to an activating group) is 1. The zero-order valence-electron chi connectivity index (χ0n) is 12.1. The van der Waals surface area contributed by atoms with Crippen molar-refractivity contribution in [2.45, 2.75) is 31.3 Å². The first-order chi connectivity index (χ1) is 9.54. The highest BCUT2D eigenvalue weighted by Crippen LogP contribution is 2.35. The van der Waals surface area contributed by atoms with Crippen LogP contribution in [-0.4, -0.2) is 50.1 Å². The van der Waals surface area contributed by atoms with E-state index in [1.165, 1.54) is 11.3 Å². The third-order valence-electron chi connectivity index (χ3n) is 4.07. The van der Waals surface area contributed by atoms with Gasteiger partial charge in [0.15, 0.2) is 0 Å².